The molecule has 0 spiro atoms. The molecule has 108 valence electrons. The zero-order chi connectivity index (χ0) is 14.6. The summed E-state index contributed by atoms with van der Waals surface area (Å²) in [6, 6.07) is 6.17. The minimum absolute atomic E-state index is 0.0484. The van der Waals surface area contributed by atoms with Crippen LogP contribution in [0.1, 0.15) is 37.7 Å². The lowest BCUT2D eigenvalue weighted by molar-refractivity contribution is 0.357. The van der Waals surface area contributed by atoms with E-state index in [1.807, 2.05) is 6.07 Å². The normalized spacial score (nSPS) is 16.8. The van der Waals surface area contributed by atoms with E-state index in [9.17, 15) is 8.42 Å². The summed E-state index contributed by atoms with van der Waals surface area (Å²) in [4.78, 5) is 0.0484. The summed E-state index contributed by atoms with van der Waals surface area (Å²) in [5.74, 6) is 0.415. The van der Waals surface area contributed by atoms with E-state index < -0.39 is 10.0 Å². The molecule has 0 aliphatic heterocycles. The monoisotopic (exact) mass is 293 g/mol. The Labute approximate surface area is 119 Å². The number of nitriles is 1. The molecule has 1 fully saturated rings. The quantitative estimate of drug-likeness (QED) is 0.830. The van der Waals surface area contributed by atoms with Gasteiger partial charge in [0, 0.05) is 6.54 Å². The van der Waals surface area contributed by atoms with Crippen LogP contribution in [0.25, 0.3) is 0 Å². The van der Waals surface area contributed by atoms with E-state index in [0.717, 1.165) is 12.8 Å². The molecule has 0 atom stereocenters. The van der Waals surface area contributed by atoms with E-state index in [1.165, 1.54) is 37.5 Å². The average Bonchev–Trinajstić information content (AvgIpc) is 2.46. The van der Waals surface area contributed by atoms with Gasteiger partial charge in [0.25, 0.3) is 0 Å². The van der Waals surface area contributed by atoms with Gasteiger partial charge in [0.2, 0.25) is 10.0 Å². The van der Waals surface area contributed by atoms with Crippen LogP contribution in [0.15, 0.2) is 23.1 Å². The second-order valence-electron chi connectivity index (χ2n) is 5.22. The van der Waals surface area contributed by atoms with E-state index >= 15 is 0 Å². The third-order valence-electron chi connectivity index (χ3n) is 3.72. The highest BCUT2D eigenvalue weighted by Crippen LogP contribution is 2.24. The fourth-order valence-electron chi connectivity index (χ4n) is 2.56. The first-order chi connectivity index (χ1) is 9.53. The van der Waals surface area contributed by atoms with Crippen molar-refractivity contribution in [3.63, 3.8) is 0 Å². The molecule has 0 unspecified atom stereocenters. The summed E-state index contributed by atoms with van der Waals surface area (Å²) >= 11 is 0. The van der Waals surface area contributed by atoms with Crippen molar-refractivity contribution in [1.82, 2.24) is 4.72 Å². The molecule has 1 aliphatic carbocycles. The maximum Gasteiger partial charge on any atom is 0.242 e. The van der Waals surface area contributed by atoms with Crippen molar-refractivity contribution in [3.05, 3.63) is 23.8 Å². The second-order valence-corrected chi connectivity index (χ2v) is 6.96. The number of nitrogens with one attached hydrogen (secondary N) is 1. The Balaban J connectivity index is 2.08. The van der Waals surface area contributed by atoms with Crippen molar-refractivity contribution >= 4 is 15.7 Å². The minimum Gasteiger partial charge on any atom is -0.398 e. The van der Waals surface area contributed by atoms with Gasteiger partial charge in [-0.25, -0.2) is 13.1 Å². The third-order valence-corrected chi connectivity index (χ3v) is 5.21. The van der Waals surface area contributed by atoms with Gasteiger partial charge in [-0.05, 0) is 37.0 Å². The largest absolute Gasteiger partial charge is 0.398 e. The molecule has 1 aromatic carbocycles. The highest BCUT2D eigenvalue weighted by Gasteiger charge is 2.20. The minimum atomic E-state index is -3.60. The standard InChI is InChI=1S/C14H19N3O2S/c15-9-12-6-7-14(13(16)8-12)20(18,19)17-10-11-4-2-1-3-5-11/h6-8,11,17H,1-5,10,16H2. The number of nitrogen functional groups attached to an aromatic ring is 1. The summed E-state index contributed by atoms with van der Waals surface area (Å²) in [6.07, 6.45) is 5.74. The summed E-state index contributed by atoms with van der Waals surface area (Å²) in [7, 11) is -3.60. The molecule has 5 nitrogen and oxygen atoms in total. The van der Waals surface area contributed by atoms with Gasteiger partial charge in [0.15, 0.2) is 0 Å². The van der Waals surface area contributed by atoms with Crippen molar-refractivity contribution < 1.29 is 8.42 Å². The number of sulfonamides is 1. The van der Waals surface area contributed by atoms with E-state index in [0.29, 0.717) is 18.0 Å². The van der Waals surface area contributed by atoms with Gasteiger partial charge in [0.05, 0.1) is 17.3 Å². The summed E-state index contributed by atoms with van der Waals surface area (Å²) in [5, 5.41) is 8.76. The molecule has 3 N–H and O–H groups in total. The summed E-state index contributed by atoms with van der Waals surface area (Å²) in [6.45, 7) is 0.460. The maximum atomic E-state index is 12.2. The molecule has 1 saturated carbocycles. The van der Waals surface area contributed by atoms with E-state index in [-0.39, 0.29) is 10.6 Å². The smallest absolute Gasteiger partial charge is 0.242 e. The Kier molecular flexibility index (Phi) is 4.63. The fourth-order valence-corrected chi connectivity index (χ4v) is 3.79. The highest BCUT2D eigenvalue weighted by molar-refractivity contribution is 7.89. The molecule has 0 radical (unpaired) electrons. The van der Waals surface area contributed by atoms with Gasteiger partial charge in [-0.2, -0.15) is 5.26 Å². The van der Waals surface area contributed by atoms with Crippen LogP contribution in [0, 0.1) is 17.2 Å². The van der Waals surface area contributed by atoms with Crippen LogP contribution in [0.5, 0.6) is 0 Å². The molecule has 2 rings (SSSR count). The topological polar surface area (TPSA) is 96.0 Å². The number of benzene rings is 1. The van der Waals surface area contributed by atoms with E-state index in [1.54, 1.807) is 0 Å². The lowest BCUT2D eigenvalue weighted by Gasteiger charge is -2.21. The summed E-state index contributed by atoms with van der Waals surface area (Å²) < 4.78 is 27.1. The van der Waals surface area contributed by atoms with Gasteiger partial charge in [0.1, 0.15) is 4.90 Å². The molecule has 0 heterocycles. The van der Waals surface area contributed by atoms with Crippen LogP contribution in [0.3, 0.4) is 0 Å². The van der Waals surface area contributed by atoms with Crippen molar-refractivity contribution in [2.24, 2.45) is 5.92 Å². The first-order valence-electron chi connectivity index (χ1n) is 6.82. The van der Waals surface area contributed by atoms with E-state index in [4.69, 9.17) is 11.0 Å². The van der Waals surface area contributed by atoms with Crippen molar-refractivity contribution in [1.29, 1.82) is 5.26 Å². The SMILES string of the molecule is N#Cc1ccc(S(=O)(=O)NCC2CCCCC2)c(N)c1. The lowest BCUT2D eigenvalue weighted by atomic mass is 9.90. The van der Waals surface area contributed by atoms with Gasteiger partial charge in [-0.3, -0.25) is 0 Å². The molecule has 0 saturated heterocycles. The predicted molar refractivity (Wildman–Crippen MR) is 77.3 cm³/mol. The van der Waals surface area contributed by atoms with Crippen LogP contribution in [0.2, 0.25) is 0 Å². The van der Waals surface area contributed by atoms with Crippen molar-refractivity contribution in [3.8, 4) is 6.07 Å². The first-order valence-corrected chi connectivity index (χ1v) is 8.30. The van der Waals surface area contributed by atoms with Gasteiger partial charge >= 0.3 is 0 Å². The zero-order valence-electron chi connectivity index (χ0n) is 11.3. The zero-order valence-corrected chi connectivity index (χ0v) is 12.1. The lowest BCUT2D eigenvalue weighted by Crippen LogP contribution is -2.30. The number of hydrogen-bond acceptors (Lipinski definition) is 4. The van der Waals surface area contributed by atoms with Gasteiger partial charge in [-0.1, -0.05) is 19.3 Å². The average molecular weight is 293 g/mol. The Morgan fingerprint density at radius 2 is 2.00 bits per heavy atom. The molecule has 20 heavy (non-hydrogen) atoms. The number of nitrogens with zero attached hydrogens (tertiary/aromatic N) is 1. The number of nitrogens with two attached hydrogens (primary N) is 1. The number of rotatable bonds is 4. The molecule has 0 amide bonds. The predicted octanol–water partition coefficient (Wildman–Crippen LogP) is 2.00. The van der Waals surface area contributed by atoms with Crippen LogP contribution in [0.4, 0.5) is 5.69 Å². The Morgan fingerprint density at radius 3 is 2.60 bits per heavy atom. The van der Waals surface area contributed by atoms with Crippen molar-refractivity contribution in [2.75, 3.05) is 12.3 Å². The van der Waals surface area contributed by atoms with Crippen molar-refractivity contribution in [2.45, 2.75) is 37.0 Å². The summed E-state index contributed by atoms with van der Waals surface area (Å²) in [5.41, 5.74) is 6.19. The first kappa shape index (κ1) is 14.8. The fraction of sp³-hybridized carbons (Fsp3) is 0.500. The van der Waals surface area contributed by atoms with E-state index in [2.05, 4.69) is 4.72 Å². The molecule has 0 aromatic heterocycles. The highest BCUT2D eigenvalue weighted by atomic mass is 32.2. The molecule has 1 aromatic rings. The van der Waals surface area contributed by atoms with Crippen LogP contribution in [-0.4, -0.2) is 15.0 Å². The number of anilines is 1. The second kappa shape index (κ2) is 6.25. The van der Waals surface area contributed by atoms with Gasteiger partial charge in [-0.15, -0.1) is 0 Å². The molecule has 1 aliphatic rings. The number of hydrogen-bond donors (Lipinski definition) is 2. The van der Waals surface area contributed by atoms with Crippen LogP contribution in [-0.2, 0) is 10.0 Å². The molecule has 0 bridgehead atoms. The maximum absolute atomic E-state index is 12.2. The Morgan fingerprint density at radius 1 is 1.30 bits per heavy atom. The van der Waals surface area contributed by atoms with Gasteiger partial charge < -0.3 is 5.73 Å². The molecular weight excluding hydrogens is 274 g/mol. The van der Waals surface area contributed by atoms with Crippen LogP contribution < -0.4 is 10.5 Å². The molecular formula is C14H19N3O2S. The third kappa shape index (κ3) is 3.50. The molecule has 6 heteroatoms. The Bertz CT molecular complexity index is 614. The van der Waals surface area contributed by atoms with Crippen LogP contribution >= 0.6 is 0 Å². The Hall–Kier alpha value is -1.58.